The van der Waals surface area contributed by atoms with Crippen molar-refractivity contribution in [3.63, 3.8) is 0 Å². The molecule has 11 rings (SSSR count). The lowest BCUT2D eigenvalue weighted by Crippen LogP contribution is -2.62. The zero-order valence-corrected chi connectivity index (χ0v) is 34.2. The largest absolute Gasteiger partial charge is 0.504 e. The molecule has 0 aromatic heterocycles. The highest BCUT2D eigenvalue weighted by molar-refractivity contribution is 7.99. The number of rotatable bonds is 5. The van der Waals surface area contributed by atoms with Crippen LogP contribution < -0.4 is 29.0 Å². The third-order valence-corrected chi connectivity index (χ3v) is 14.9. The van der Waals surface area contributed by atoms with Crippen LogP contribution in [0.4, 0.5) is 30.7 Å². The molecule has 3 aromatic carbocycles. The predicted molar refractivity (Wildman–Crippen MR) is 201 cm³/mol. The van der Waals surface area contributed by atoms with Gasteiger partial charge in [-0.3, -0.25) is 15.1 Å². The highest BCUT2D eigenvalue weighted by Gasteiger charge is 2.78. The van der Waals surface area contributed by atoms with Gasteiger partial charge in [0.1, 0.15) is 18.4 Å². The van der Waals surface area contributed by atoms with Crippen molar-refractivity contribution in [2.75, 3.05) is 39.9 Å². The van der Waals surface area contributed by atoms with E-state index in [0.29, 0.717) is 34.2 Å². The molecule has 9 atom stereocenters. The SMILES string of the molecule is COc1cc2c(cc1O)CCN[C@]21CS[C@@H]2c3c(OC(=O)C(F)(F)C(F)(F)C(F)(F)F)c(C)c4c(c3[C@H](COC1=O)N1C2[C@H]2c3c(cc(C)c(OC)c3O)C3[C@@H]([C@@H]1C#N)N32)OCO4. The number of hydrogen-bond donors (Lipinski definition) is 3. The number of nitrogens with zero attached hydrogens (tertiary/aromatic N) is 3. The lowest BCUT2D eigenvalue weighted by atomic mass is 9.76. The Kier molecular flexibility index (Phi) is 8.97. The van der Waals surface area contributed by atoms with Gasteiger partial charge in [-0.2, -0.15) is 36.0 Å². The van der Waals surface area contributed by atoms with E-state index in [4.69, 9.17) is 28.4 Å². The quantitative estimate of drug-likeness (QED) is 0.124. The van der Waals surface area contributed by atoms with Crippen molar-refractivity contribution >= 4 is 23.7 Å². The van der Waals surface area contributed by atoms with E-state index in [1.54, 1.807) is 11.8 Å². The van der Waals surface area contributed by atoms with E-state index in [9.17, 15) is 47.0 Å². The number of ether oxygens (including phenoxy) is 6. The molecule has 3 aromatic rings. The number of halogens is 7. The Balaban J connectivity index is 1.23. The second-order valence-electron chi connectivity index (χ2n) is 16.4. The van der Waals surface area contributed by atoms with E-state index >= 15 is 8.78 Å². The molecule has 22 heteroatoms. The molecule has 8 aliphatic heterocycles. The summed E-state index contributed by atoms with van der Waals surface area (Å²) in [7, 11) is 2.68. The summed E-state index contributed by atoms with van der Waals surface area (Å²) >= 11 is 0.993. The number of alkyl halides is 7. The third kappa shape index (κ3) is 5.30. The van der Waals surface area contributed by atoms with E-state index in [0.717, 1.165) is 11.8 Å². The van der Waals surface area contributed by atoms with E-state index in [1.807, 2.05) is 11.0 Å². The number of phenolic OH excluding ortho intramolecular Hbond substituents is 2. The molecule has 0 saturated carbocycles. The van der Waals surface area contributed by atoms with Crippen LogP contribution in [0.25, 0.3) is 0 Å². The van der Waals surface area contributed by atoms with Gasteiger partial charge in [-0.15, -0.1) is 11.8 Å². The molecule has 63 heavy (non-hydrogen) atoms. The number of aromatic hydroxyl groups is 2. The van der Waals surface area contributed by atoms with E-state index in [1.165, 1.54) is 33.3 Å². The van der Waals surface area contributed by atoms with E-state index < -0.39 is 96.1 Å². The fourth-order valence-electron chi connectivity index (χ4n) is 10.8. The minimum Gasteiger partial charge on any atom is -0.504 e. The smallest absolute Gasteiger partial charge is 0.460 e. The number of esters is 2. The van der Waals surface area contributed by atoms with Crippen molar-refractivity contribution in [1.29, 1.82) is 5.26 Å². The molecule has 3 saturated heterocycles. The van der Waals surface area contributed by atoms with Gasteiger partial charge >= 0.3 is 30.0 Å². The van der Waals surface area contributed by atoms with Gasteiger partial charge in [-0.05, 0) is 54.7 Å². The molecule has 0 radical (unpaired) electrons. The number of phenols is 2. The summed E-state index contributed by atoms with van der Waals surface area (Å²) < 4.78 is 134. The van der Waals surface area contributed by atoms with Crippen molar-refractivity contribution in [1.82, 2.24) is 15.1 Å². The Morgan fingerprint density at radius 3 is 2.37 bits per heavy atom. The average molecular weight is 909 g/mol. The minimum atomic E-state index is -6.86. The van der Waals surface area contributed by atoms with Crippen molar-refractivity contribution < 1.29 is 79.0 Å². The predicted octanol–water partition coefficient (Wildman–Crippen LogP) is 5.68. The number of hydrogen-bond acceptors (Lipinski definition) is 15. The molecule has 3 fully saturated rings. The number of benzene rings is 3. The Morgan fingerprint density at radius 2 is 1.68 bits per heavy atom. The summed E-state index contributed by atoms with van der Waals surface area (Å²) in [5.41, 5.74) is 0.426. The van der Waals surface area contributed by atoms with Crippen LogP contribution in [-0.4, -0.2) is 108 Å². The van der Waals surface area contributed by atoms with Crippen LogP contribution in [0.5, 0.6) is 40.2 Å². The molecule has 14 nitrogen and oxygen atoms in total. The molecule has 8 aliphatic rings. The number of methoxy groups -OCH3 is 2. The van der Waals surface area contributed by atoms with Crippen molar-refractivity contribution in [3.8, 4) is 46.3 Å². The van der Waals surface area contributed by atoms with Crippen LogP contribution in [0.1, 0.15) is 67.9 Å². The standard InChI is InChI=1S/C41H35F7N4O10S/c1-14-7-17-23(30(54)31(14)58-4)28-29-35-25-24(34-33(60-13-61-34)15(2)32(25)62-37(56)39(42,43)40(44,45)41(46,47)48)20(51(29)19(10-49)27-26(17)52(27)28)11-59-36(55)38(12-63-35)18-9-22(57-3)21(53)8-16(18)5-6-50-38/h7-9,19-20,26-29,35,50,53-54H,5-6,11-13H2,1-4H3/t19-,20-,26?,27+,28+,29?,35+,38+,52?/m0/s1. The highest BCUT2D eigenvalue weighted by Crippen LogP contribution is 2.72. The van der Waals surface area contributed by atoms with Gasteiger partial charge in [-0.1, -0.05) is 6.07 Å². The van der Waals surface area contributed by atoms with Crippen LogP contribution >= 0.6 is 11.8 Å². The molecule has 3 N–H and O–H groups in total. The molecule has 0 aliphatic carbocycles. The minimum absolute atomic E-state index is 0.000881. The number of carbonyl (C=O) groups excluding carboxylic acids is 2. The highest BCUT2D eigenvalue weighted by atomic mass is 32.2. The van der Waals surface area contributed by atoms with E-state index in [2.05, 4.69) is 11.4 Å². The molecule has 0 amide bonds. The zero-order chi connectivity index (χ0) is 45.0. The number of nitrogens with one attached hydrogen (secondary N) is 1. The first-order valence-corrected chi connectivity index (χ1v) is 20.6. The number of nitriles is 1. The van der Waals surface area contributed by atoms with Crippen LogP contribution in [0.15, 0.2) is 18.2 Å². The summed E-state index contributed by atoms with van der Waals surface area (Å²) in [5, 5.41) is 35.7. The average Bonchev–Trinajstić information content (AvgIpc) is 3.57. The number of thioether (sulfide) groups is 1. The zero-order valence-electron chi connectivity index (χ0n) is 33.4. The molecule has 1 spiro atoms. The Labute approximate surface area is 356 Å². The third-order valence-electron chi connectivity index (χ3n) is 13.4. The Hall–Kier alpha value is -5.37. The van der Waals surface area contributed by atoms with Gasteiger partial charge in [0.25, 0.3) is 0 Å². The molecule has 3 unspecified atom stereocenters. The lowest BCUT2D eigenvalue weighted by Gasteiger charge is -2.55. The Morgan fingerprint density at radius 1 is 0.952 bits per heavy atom. The summed E-state index contributed by atoms with van der Waals surface area (Å²) in [6, 6.07) is 2.05. The maximum atomic E-state index is 15.2. The van der Waals surface area contributed by atoms with Crippen molar-refractivity contribution in [2.45, 2.75) is 85.3 Å². The van der Waals surface area contributed by atoms with Gasteiger partial charge in [0, 0.05) is 40.6 Å². The fourth-order valence-corrected chi connectivity index (χ4v) is 12.5. The summed E-state index contributed by atoms with van der Waals surface area (Å²) in [5.74, 6) is -18.9. The van der Waals surface area contributed by atoms with Crippen molar-refractivity contribution in [3.05, 3.63) is 62.7 Å². The number of carbonyl (C=O) groups is 2. The first-order chi connectivity index (χ1) is 29.8. The topological polar surface area (TPSA) is 172 Å². The van der Waals surface area contributed by atoms with Crippen LogP contribution in [0.3, 0.4) is 0 Å². The summed E-state index contributed by atoms with van der Waals surface area (Å²) in [6.45, 7) is 2.06. The number of aryl methyl sites for hydroxylation is 1. The van der Waals surface area contributed by atoms with Crippen LogP contribution in [0.2, 0.25) is 0 Å². The summed E-state index contributed by atoms with van der Waals surface area (Å²) in [4.78, 5) is 31.8. The van der Waals surface area contributed by atoms with Crippen LogP contribution in [0, 0.1) is 25.2 Å². The molecule has 334 valence electrons. The van der Waals surface area contributed by atoms with Crippen molar-refractivity contribution in [2.24, 2.45) is 0 Å². The molecule has 8 heterocycles. The lowest BCUT2D eigenvalue weighted by molar-refractivity contribution is -0.346. The first kappa shape index (κ1) is 41.6. The fraction of sp³-hybridized carbons (Fsp3) is 0.488. The maximum Gasteiger partial charge on any atom is 0.460 e. The normalized spacial score (nSPS) is 30.0. The van der Waals surface area contributed by atoms with Gasteiger partial charge in [0.15, 0.2) is 40.0 Å². The number of fused-ring (bicyclic) bond motifs is 9. The van der Waals surface area contributed by atoms with Gasteiger partial charge in [-0.25, -0.2) is 9.59 Å². The first-order valence-electron chi connectivity index (χ1n) is 19.6. The van der Waals surface area contributed by atoms with Gasteiger partial charge in [0.05, 0.1) is 49.7 Å². The molecular formula is C41H35F7N4O10S. The molecule has 2 bridgehead atoms. The van der Waals surface area contributed by atoms with Crippen LogP contribution in [-0.2, 0) is 26.3 Å². The monoisotopic (exact) mass is 908 g/mol. The Bertz CT molecular complexity index is 2590. The second-order valence-corrected chi connectivity index (χ2v) is 17.5. The van der Waals surface area contributed by atoms with E-state index in [-0.39, 0.29) is 63.5 Å². The summed E-state index contributed by atoms with van der Waals surface area (Å²) in [6.07, 6.45) is -6.52. The number of piperazine rings is 1. The molecular weight excluding hydrogens is 874 g/mol. The second kappa shape index (κ2) is 13.6. The maximum absolute atomic E-state index is 15.2. The van der Waals surface area contributed by atoms with Gasteiger partial charge in [0.2, 0.25) is 6.79 Å². The van der Waals surface area contributed by atoms with Gasteiger partial charge < -0.3 is 38.6 Å².